The maximum Gasteiger partial charge on any atom is 0.327 e. The Morgan fingerprint density at radius 3 is 2.20 bits per heavy atom. The van der Waals surface area contributed by atoms with Crippen LogP contribution in [-0.4, -0.2) is 34.6 Å². The topological polar surface area (TPSA) is 52.6 Å². The number of esters is 1. The van der Waals surface area contributed by atoms with Crippen LogP contribution in [0.25, 0.3) is 0 Å². The number of ether oxygens (including phenoxy) is 2. The number of hydrogen-bond acceptors (Lipinski definition) is 6. The Bertz CT molecular complexity index is 252. The number of rotatable bonds is 5. The van der Waals surface area contributed by atoms with E-state index in [1.165, 1.54) is 6.92 Å². The number of carbonyl (C=O) groups is 2. The smallest absolute Gasteiger partial charge is 0.327 e. The molecule has 0 saturated carbocycles. The molecule has 1 unspecified atom stereocenters. The second-order valence-corrected chi connectivity index (χ2v) is 4.25. The molecule has 4 nitrogen and oxygen atoms in total. The number of Topliss-reactive ketones (excluding diaryl/α,β-unsaturated/α-hetero) is 1. The van der Waals surface area contributed by atoms with Crippen LogP contribution < -0.4 is 0 Å². The van der Waals surface area contributed by atoms with E-state index in [0.29, 0.717) is 6.61 Å². The summed E-state index contributed by atoms with van der Waals surface area (Å²) < 4.78 is 9.92. The van der Waals surface area contributed by atoms with Gasteiger partial charge in [0.15, 0.2) is 11.0 Å². The van der Waals surface area contributed by atoms with Crippen LogP contribution in [-0.2, 0) is 19.1 Å². The van der Waals surface area contributed by atoms with Crippen molar-refractivity contribution >= 4 is 40.1 Å². The normalized spacial score (nSPS) is 11.7. The Morgan fingerprint density at radius 2 is 1.80 bits per heavy atom. The molecule has 0 radical (unpaired) electrons. The third-order valence-corrected chi connectivity index (χ3v) is 2.82. The van der Waals surface area contributed by atoms with E-state index in [4.69, 9.17) is 21.7 Å². The molecule has 0 rings (SSSR count). The highest BCUT2D eigenvalue weighted by atomic mass is 32.2. The number of ketones is 1. The van der Waals surface area contributed by atoms with Crippen LogP contribution in [0.2, 0.25) is 0 Å². The minimum absolute atomic E-state index is 0.186. The average molecular weight is 250 g/mol. The first kappa shape index (κ1) is 14.4. The summed E-state index contributed by atoms with van der Waals surface area (Å²) in [6, 6.07) is 0. The highest BCUT2D eigenvalue weighted by Gasteiger charge is 2.27. The zero-order valence-corrected chi connectivity index (χ0v) is 10.6. The lowest BCUT2D eigenvalue weighted by Gasteiger charge is -2.12. The minimum Gasteiger partial charge on any atom is -0.479 e. The Balaban J connectivity index is 4.34. The highest BCUT2D eigenvalue weighted by Crippen LogP contribution is 2.17. The number of thioether (sulfide) groups is 1. The standard InChI is InChI=1S/C9H14O4S2/c1-4-12-8(11)7(6(3)10)15-9(14)13-5-2/h7H,4-5H2,1-3H3. The molecule has 0 spiro atoms. The van der Waals surface area contributed by atoms with Crippen molar-refractivity contribution < 1.29 is 19.1 Å². The summed E-state index contributed by atoms with van der Waals surface area (Å²) in [6.45, 7) is 5.44. The van der Waals surface area contributed by atoms with Crippen molar-refractivity contribution in [3.63, 3.8) is 0 Å². The van der Waals surface area contributed by atoms with Gasteiger partial charge in [0.1, 0.15) is 0 Å². The largest absolute Gasteiger partial charge is 0.479 e. The van der Waals surface area contributed by atoms with E-state index in [9.17, 15) is 9.59 Å². The van der Waals surface area contributed by atoms with Gasteiger partial charge in [-0.2, -0.15) is 0 Å². The molecule has 0 aliphatic rings. The van der Waals surface area contributed by atoms with E-state index in [1.807, 2.05) is 0 Å². The predicted octanol–water partition coefficient (Wildman–Crippen LogP) is 1.56. The second-order valence-electron chi connectivity index (χ2n) is 2.54. The van der Waals surface area contributed by atoms with Gasteiger partial charge in [0, 0.05) is 0 Å². The van der Waals surface area contributed by atoms with Gasteiger partial charge in [-0.25, -0.2) is 0 Å². The zero-order chi connectivity index (χ0) is 11.8. The first-order valence-corrected chi connectivity index (χ1v) is 5.82. The summed E-state index contributed by atoms with van der Waals surface area (Å²) in [5.41, 5.74) is 0. The third kappa shape index (κ3) is 5.74. The minimum atomic E-state index is -0.913. The van der Waals surface area contributed by atoms with Gasteiger partial charge in [-0.15, -0.1) is 0 Å². The molecule has 0 saturated heterocycles. The van der Waals surface area contributed by atoms with Crippen LogP contribution in [0.3, 0.4) is 0 Å². The summed E-state index contributed by atoms with van der Waals surface area (Å²) in [6.07, 6.45) is 0. The highest BCUT2D eigenvalue weighted by molar-refractivity contribution is 8.23. The van der Waals surface area contributed by atoms with Gasteiger partial charge in [-0.1, -0.05) is 11.8 Å². The predicted molar refractivity (Wildman–Crippen MR) is 62.9 cm³/mol. The van der Waals surface area contributed by atoms with Crippen LogP contribution in [0.4, 0.5) is 0 Å². The number of hydrogen-bond donors (Lipinski definition) is 0. The summed E-state index contributed by atoms with van der Waals surface area (Å²) in [5, 5.41) is -0.913. The molecule has 0 aliphatic heterocycles. The maximum atomic E-state index is 11.3. The average Bonchev–Trinajstić information content (AvgIpc) is 2.14. The Hall–Kier alpha value is -0.620. The van der Waals surface area contributed by atoms with Crippen LogP contribution >= 0.6 is 24.0 Å². The molecule has 1 atom stereocenters. The van der Waals surface area contributed by atoms with Crippen LogP contribution in [0.1, 0.15) is 20.8 Å². The summed E-state index contributed by atoms with van der Waals surface area (Å²) in [7, 11) is 0. The second kappa shape index (κ2) is 7.64. The molecule has 0 fully saturated rings. The Kier molecular flexibility index (Phi) is 7.33. The molecule has 0 aromatic heterocycles. The van der Waals surface area contributed by atoms with Gasteiger partial charge < -0.3 is 9.47 Å². The van der Waals surface area contributed by atoms with E-state index in [2.05, 4.69) is 0 Å². The van der Waals surface area contributed by atoms with Crippen molar-refractivity contribution in [2.75, 3.05) is 13.2 Å². The van der Waals surface area contributed by atoms with Crippen molar-refractivity contribution in [2.45, 2.75) is 26.0 Å². The molecule has 0 aromatic carbocycles. The van der Waals surface area contributed by atoms with E-state index >= 15 is 0 Å². The third-order valence-electron chi connectivity index (χ3n) is 1.35. The van der Waals surface area contributed by atoms with Crippen molar-refractivity contribution in [3.8, 4) is 0 Å². The fraction of sp³-hybridized carbons (Fsp3) is 0.667. The zero-order valence-electron chi connectivity index (χ0n) is 8.94. The van der Waals surface area contributed by atoms with Crippen molar-refractivity contribution in [1.29, 1.82) is 0 Å². The molecule has 0 aromatic rings. The molecule has 0 amide bonds. The summed E-state index contributed by atoms with van der Waals surface area (Å²) in [5.74, 6) is -0.863. The van der Waals surface area contributed by atoms with Gasteiger partial charge in [0.25, 0.3) is 0 Å². The monoisotopic (exact) mass is 250 g/mol. The molecule has 15 heavy (non-hydrogen) atoms. The van der Waals surface area contributed by atoms with Gasteiger partial charge in [-0.05, 0) is 33.0 Å². The summed E-state index contributed by atoms with van der Waals surface area (Å²) >= 11 is 5.74. The molecule has 0 aliphatic carbocycles. The summed E-state index contributed by atoms with van der Waals surface area (Å²) in [4.78, 5) is 22.5. The van der Waals surface area contributed by atoms with E-state index in [1.54, 1.807) is 13.8 Å². The van der Waals surface area contributed by atoms with Crippen LogP contribution in [0, 0.1) is 0 Å². The van der Waals surface area contributed by atoms with Crippen LogP contribution in [0.15, 0.2) is 0 Å². The van der Waals surface area contributed by atoms with Crippen molar-refractivity contribution in [2.24, 2.45) is 0 Å². The first-order valence-electron chi connectivity index (χ1n) is 4.53. The van der Waals surface area contributed by atoms with Gasteiger partial charge in [-0.3, -0.25) is 9.59 Å². The SMILES string of the molecule is CCOC(=O)C(SC(=S)OCC)C(C)=O. The molecule has 6 heteroatoms. The van der Waals surface area contributed by atoms with Gasteiger partial charge in [0.2, 0.25) is 4.38 Å². The maximum absolute atomic E-state index is 11.3. The molecule has 0 heterocycles. The van der Waals surface area contributed by atoms with E-state index in [0.717, 1.165) is 11.8 Å². The van der Waals surface area contributed by atoms with E-state index < -0.39 is 11.2 Å². The van der Waals surface area contributed by atoms with E-state index in [-0.39, 0.29) is 16.8 Å². The lowest BCUT2D eigenvalue weighted by atomic mass is 10.3. The number of thiocarbonyl (C=S) groups is 1. The van der Waals surface area contributed by atoms with Gasteiger partial charge in [0.05, 0.1) is 13.2 Å². The molecule has 0 N–H and O–H groups in total. The lowest BCUT2D eigenvalue weighted by Crippen LogP contribution is -2.28. The molecular formula is C9H14O4S2. The molecular weight excluding hydrogens is 236 g/mol. The first-order chi connectivity index (χ1) is 7.02. The molecule has 86 valence electrons. The van der Waals surface area contributed by atoms with Crippen molar-refractivity contribution in [3.05, 3.63) is 0 Å². The Morgan fingerprint density at radius 1 is 1.27 bits per heavy atom. The van der Waals surface area contributed by atoms with Crippen LogP contribution in [0.5, 0.6) is 0 Å². The molecule has 0 bridgehead atoms. The quantitative estimate of drug-likeness (QED) is 0.419. The fourth-order valence-corrected chi connectivity index (χ4v) is 1.88. The number of carbonyl (C=O) groups excluding carboxylic acids is 2. The fourth-order valence-electron chi connectivity index (χ4n) is 0.763. The van der Waals surface area contributed by atoms with Crippen molar-refractivity contribution in [1.82, 2.24) is 0 Å². The van der Waals surface area contributed by atoms with Gasteiger partial charge >= 0.3 is 5.97 Å². The lowest BCUT2D eigenvalue weighted by molar-refractivity contribution is -0.144. The Labute approximate surface area is 98.7 Å².